The third-order valence-electron chi connectivity index (χ3n) is 4.47. The van der Waals surface area contributed by atoms with E-state index in [1.165, 1.54) is 51.1 Å². The number of hydrogen-bond acceptors (Lipinski definition) is 4. The van der Waals surface area contributed by atoms with E-state index in [0.29, 0.717) is 5.69 Å². The summed E-state index contributed by atoms with van der Waals surface area (Å²) < 4.78 is 26.3. The van der Waals surface area contributed by atoms with E-state index in [2.05, 4.69) is 10.6 Å². The molecule has 0 spiro atoms. The van der Waals surface area contributed by atoms with E-state index in [-0.39, 0.29) is 29.3 Å². The molecule has 0 radical (unpaired) electrons. The molecule has 0 aromatic heterocycles. The highest BCUT2D eigenvalue weighted by molar-refractivity contribution is 7.89. The predicted molar refractivity (Wildman–Crippen MR) is 100 cm³/mol. The lowest BCUT2D eigenvalue weighted by Crippen LogP contribution is -2.42. The average molecular weight is 381 g/mol. The minimum absolute atomic E-state index is 0.0800. The lowest BCUT2D eigenvalue weighted by molar-refractivity contribution is -0.122. The van der Waals surface area contributed by atoms with Crippen molar-refractivity contribution >= 4 is 27.5 Å². The molecule has 1 aliphatic rings. The summed E-state index contributed by atoms with van der Waals surface area (Å²) in [4.78, 5) is 23.3. The molecule has 2 N–H and O–H groups in total. The van der Waals surface area contributed by atoms with Crippen LogP contribution in [0, 0.1) is 0 Å². The van der Waals surface area contributed by atoms with Gasteiger partial charge >= 0.3 is 0 Å². The van der Waals surface area contributed by atoms with E-state index in [1.807, 2.05) is 0 Å². The number of nitrogens with zero attached hydrogens (tertiary/aromatic N) is 1. The first kappa shape index (κ1) is 20.4. The van der Waals surface area contributed by atoms with Crippen LogP contribution in [0.5, 0.6) is 0 Å². The maximum atomic E-state index is 12.6. The van der Waals surface area contributed by atoms with Gasteiger partial charge in [0.15, 0.2) is 0 Å². The average Bonchev–Trinajstić information content (AvgIpc) is 2.83. The molecule has 8 heteroatoms. The summed E-state index contributed by atoms with van der Waals surface area (Å²) in [5, 5.41) is 5.54. The van der Waals surface area contributed by atoms with Crippen molar-refractivity contribution in [1.82, 2.24) is 9.62 Å². The number of benzene rings is 1. The van der Waals surface area contributed by atoms with Gasteiger partial charge in [-0.3, -0.25) is 9.59 Å². The summed E-state index contributed by atoms with van der Waals surface area (Å²) in [5.74, 6) is -0.509. The molecule has 1 saturated carbocycles. The fourth-order valence-electron chi connectivity index (χ4n) is 3.08. The molecule has 1 aromatic rings. The SMILES string of the molecule is CC(=O)Nc1ccc(S(=O)(=O)N(C)CC(=O)NC2CCCCCC2)cc1. The van der Waals surface area contributed by atoms with Crippen molar-refractivity contribution in [3.05, 3.63) is 24.3 Å². The summed E-state index contributed by atoms with van der Waals surface area (Å²) in [6.45, 7) is 1.16. The zero-order valence-electron chi connectivity index (χ0n) is 15.3. The van der Waals surface area contributed by atoms with Crippen LogP contribution < -0.4 is 10.6 Å². The maximum absolute atomic E-state index is 12.6. The van der Waals surface area contributed by atoms with Gasteiger partial charge in [-0.2, -0.15) is 4.31 Å². The third kappa shape index (κ3) is 5.81. The van der Waals surface area contributed by atoms with E-state index in [1.54, 1.807) is 0 Å². The van der Waals surface area contributed by atoms with Crippen LogP contribution >= 0.6 is 0 Å². The van der Waals surface area contributed by atoms with Crippen molar-refractivity contribution in [2.24, 2.45) is 0 Å². The van der Waals surface area contributed by atoms with Crippen LogP contribution in [0.3, 0.4) is 0 Å². The quantitative estimate of drug-likeness (QED) is 0.738. The molecule has 1 aromatic carbocycles. The zero-order valence-corrected chi connectivity index (χ0v) is 16.1. The van der Waals surface area contributed by atoms with Crippen molar-refractivity contribution in [2.75, 3.05) is 18.9 Å². The Kier molecular flexibility index (Phi) is 7.16. The summed E-state index contributed by atoms with van der Waals surface area (Å²) >= 11 is 0. The Balaban J connectivity index is 1.96. The van der Waals surface area contributed by atoms with Crippen molar-refractivity contribution in [2.45, 2.75) is 56.4 Å². The molecule has 1 fully saturated rings. The second kappa shape index (κ2) is 9.14. The monoisotopic (exact) mass is 381 g/mol. The van der Waals surface area contributed by atoms with Crippen molar-refractivity contribution in [3.63, 3.8) is 0 Å². The van der Waals surface area contributed by atoms with Crippen LogP contribution in [0.25, 0.3) is 0 Å². The van der Waals surface area contributed by atoms with Gasteiger partial charge in [0.2, 0.25) is 21.8 Å². The van der Waals surface area contributed by atoms with Crippen LogP contribution in [0.1, 0.15) is 45.4 Å². The smallest absolute Gasteiger partial charge is 0.243 e. The van der Waals surface area contributed by atoms with E-state index >= 15 is 0 Å². The second-order valence-corrected chi connectivity index (χ2v) is 8.77. The molecule has 2 amide bonds. The van der Waals surface area contributed by atoms with Gasteiger partial charge in [-0.25, -0.2) is 8.42 Å². The van der Waals surface area contributed by atoms with Crippen LogP contribution in [-0.2, 0) is 19.6 Å². The van der Waals surface area contributed by atoms with Gasteiger partial charge in [0.25, 0.3) is 0 Å². The number of hydrogen-bond donors (Lipinski definition) is 2. The maximum Gasteiger partial charge on any atom is 0.243 e. The van der Waals surface area contributed by atoms with Gasteiger partial charge in [0.05, 0.1) is 11.4 Å². The first-order valence-corrected chi connectivity index (χ1v) is 10.4. The molecule has 0 heterocycles. The zero-order chi connectivity index (χ0) is 19.2. The van der Waals surface area contributed by atoms with E-state index in [9.17, 15) is 18.0 Å². The molecular weight excluding hydrogens is 354 g/mol. The minimum Gasteiger partial charge on any atom is -0.352 e. The third-order valence-corrected chi connectivity index (χ3v) is 6.29. The topological polar surface area (TPSA) is 95.6 Å². The Morgan fingerprint density at radius 1 is 1.08 bits per heavy atom. The molecule has 0 unspecified atom stereocenters. The first-order valence-electron chi connectivity index (χ1n) is 8.92. The van der Waals surface area contributed by atoms with Crippen molar-refractivity contribution in [3.8, 4) is 0 Å². The van der Waals surface area contributed by atoms with Gasteiger partial charge in [-0.05, 0) is 37.1 Å². The molecule has 0 aliphatic heterocycles. The Hall–Kier alpha value is -1.93. The lowest BCUT2D eigenvalue weighted by atomic mass is 10.1. The number of carbonyl (C=O) groups excluding carboxylic acids is 2. The summed E-state index contributed by atoms with van der Waals surface area (Å²) in [6.07, 6.45) is 6.48. The predicted octanol–water partition coefficient (Wildman–Crippen LogP) is 2.10. The van der Waals surface area contributed by atoms with Gasteiger partial charge < -0.3 is 10.6 Å². The van der Waals surface area contributed by atoms with Crippen molar-refractivity contribution < 1.29 is 18.0 Å². The number of sulfonamides is 1. The molecule has 0 saturated heterocycles. The lowest BCUT2D eigenvalue weighted by Gasteiger charge is -2.20. The molecular formula is C18H27N3O4S. The number of anilines is 1. The van der Waals surface area contributed by atoms with Gasteiger partial charge in [0, 0.05) is 25.7 Å². The number of carbonyl (C=O) groups is 2. The Labute approximate surface area is 155 Å². The second-order valence-electron chi connectivity index (χ2n) is 6.72. The highest BCUT2D eigenvalue weighted by atomic mass is 32.2. The number of amides is 2. The fraction of sp³-hybridized carbons (Fsp3) is 0.556. The van der Waals surface area contributed by atoms with Crippen LogP contribution in [0.2, 0.25) is 0 Å². The number of likely N-dealkylation sites (N-methyl/N-ethyl adjacent to an activating group) is 1. The van der Waals surface area contributed by atoms with E-state index in [0.717, 1.165) is 30.0 Å². The van der Waals surface area contributed by atoms with Gasteiger partial charge in [0.1, 0.15) is 0 Å². The Morgan fingerprint density at radius 2 is 1.65 bits per heavy atom. The van der Waals surface area contributed by atoms with E-state index in [4.69, 9.17) is 0 Å². The largest absolute Gasteiger partial charge is 0.352 e. The van der Waals surface area contributed by atoms with Crippen molar-refractivity contribution in [1.29, 1.82) is 0 Å². The molecule has 144 valence electrons. The van der Waals surface area contributed by atoms with Crippen LogP contribution in [0.4, 0.5) is 5.69 Å². The standard InChI is InChI=1S/C18H27N3O4S/c1-14(22)19-16-9-11-17(12-10-16)26(24,25)21(2)13-18(23)20-15-7-5-3-4-6-8-15/h9-12,15H,3-8,13H2,1-2H3,(H,19,22)(H,20,23). The number of nitrogens with one attached hydrogen (secondary N) is 2. The molecule has 7 nitrogen and oxygen atoms in total. The van der Waals surface area contributed by atoms with Crippen LogP contribution in [-0.4, -0.2) is 44.2 Å². The molecule has 0 atom stereocenters. The molecule has 0 bridgehead atoms. The Morgan fingerprint density at radius 3 is 2.19 bits per heavy atom. The summed E-state index contributed by atoms with van der Waals surface area (Å²) in [7, 11) is -2.37. The molecule has 1 aliphatic carbocycles. The van der Waals surface area contributed by atoms with Gasteiger partial charge in [-0.15, -0.1) is 0 Å². The van der Waals surface area contributed by atoms with Gasteiger partial charge in [-0.1, -0.05) is 25.7 Å². The molecule has 2 rings (SSSR count). The summed E-state index contributed by atoms with van der Waals surface area (Å²) in [5.41, 5.74) is 0.519. The normalized spacial score (nSPS) is 16.1. The van der Waals surface area contributed by atoms with Crippen LogP contribution in [0.15, 0.2) is 29.2 Å². The number of rotatable bonds is 6. The molecule has 26 heavy (non-hydrogen) atoms. The van der Waals surface area contributed by atoms with E-state index < -0.39 is 10.0 Å². The highest BCUT2D eigenvalue weighted by Crippen LogP contribution is 2.19. The Bertz CT molecular complexity index is 723. The fourth-order valence-corrected chi connectivity index (χ4v) is 4.20. The minimum atomic E-state index is -3.77. The summed E-state index contributed by atoms with van der Waals surface area (Å²) in [6, 6.07) is 6.01. The first-order chi connectivity index (χ1) is 12.3. The highest BCUT2D eigenvalue weighted by Gasteiger charge is 2.24.